The van der Waals surface area contributed by atoms with Crippen molar-refractivity contribution in [2.45, 2.75) is 64.3 Å². The minimum Gasteiger partial charge on any atom is -0.368 e. The van der Waals surface area contributed by atoms with Crippen molar-refractivity contribution < 1.29 is 14.4 Å². The van der Waals surface area contributed by atoms with E-state index in [2.05, 4.69) is 17.6 Å². The molecule has 0 saturated heterocycles. The predicted octanol–water partition coefficient (Wildman–Crippen LogP) is 2.72. The predicted molar refractivity (Wildman–Crippen MR) is 107 cm³/mol. The van der Waals surface area contributed by atoms with Crippen LogP contribution in [-0.2, 0) is 20.8 Å². The zero-order valence-electron chi connectivity index (χ0n) is 15.9. The summed E-state index contributed by atoms with van der Waals surface area (Å²) in [6.07, 6.45) is 5.97. The second kappa shape index (κ2) is 13.1. The highest BCUT2D eigenvalue weighted by atomic mass is 35.5. The van der Waals surface area contributed by atoms with Gasteiger partial charge >= 0.3 is 0 Å². The van der Waals surface area contributed by atoms with Crippen molar-refractivity contribution in [1.82, 2.24) is 10.6 Å². The summed E-state index contributed by atoms with van der Waals surface area (Å²) in [6, 6.07) is 6.38. The number of unbranched alkanes of at least 4 members (excludes halogenated alkanes) is 4. The van der Waals surface area contributed by atoms with Crippen molar-refractivity contribution in [3.05, 3.63) is 34.9 Å². The Morgan fingerprint density at radius 2 is 1.70 bits per heavy atom. The lowest BCUT2D eigenvalue weighted by Crippen LogP contribution is -2.47. The van der Waals surface area contributed by atoms with Crippen LogP contribution in [0.15, 0.2) is 24.3 Å². The molecule has 27 heavy (non-hydrogen) atoms. The van der Waals surface area contributed by atoms with Crippen LogP contribution >= 0.6 is 11.6 Å². The van der Waals surface area contributed by atoms with Crippen LogP contribution in [0.4, 0.5) is 0 Å². The Bertz CT molecular complexity index is 605. The van der Waals surface area contributed by atoms with Gasteiger partial charge in [0.1, 0.15) is 6.04 Å². The van der Waals surface area contributed by atoms with Gasteiger partial charge in [0.2, 0.25) is 17.7 Å². The van der Waals surface area contributed by atoms with E-state index >= 15 is 0 Å². The number of primary amides is 1. The number of nitrogens with two attached hydrogens (primary N) is 1. The molecule has 0 aliphatic rings. The highest BCUT2D eigenvalue weighted by molar-refractivity contribution is 6.30. The highest BCUT2D eigenvalue weighted by Gasteiger charge is 2.21. The molecule has 150 valence electrons. The summed E-state index contributed by atoms with van der Waals surface area (Å²) in [5.41, 5.74) is 6.36. The quantitative estimate of drug-likeness (QED) is 0.447. The largest absolute Gasteiger partial charge is 0.368 e. The van der Waals surface area contributed by atoms with Gasteiger partial charge in [-0.2, -0.15) is 0 Å². The molecule has 7 heteroatoms. The van der Waals surface area contributed by atoms with Crippen LogP contribution in [-0.4, -0.2) is 30.3 Å². The molecule has 1 aromatic carbocycles. The molecule has 0 aliphatic heterocycles. The number of nitrogens with one attached hydrogen (secondary N) is 2. The number of hydrogen-bond donors (Lipinski definition) is 3. The Morgan fingerprint density at radius 1 is 1.04 bits per heavy atom. The summed E-state index contributed by atoms with van der Waals surface area (Å²) < 4.78 is 0. The fourth-order valence-corrected chi connectivity index (χ4v) is 2.76. The van der Waals surface area contributed by atoms with Gasteiger partial charge in [-0.05, 0) is 30.5 Å². The van der Waals surface area contributed by atoms with Crippen LogP contribution in [0, 0.1) is 0 Å². The Morgan fingerprint density at radius 3 is 2.33 bits per heavy atom. The SMILES string of the molecule is CCCCCCCC(=O)NC(CC(=O)NCCc1ccc(Cl)cc1)C(N)=O. The number of carbonyl (C=O) groups is 3. The molecule has 1 rings (SSSR count). The third-order valence-corrected chi connectivity index (χ3v) is 4.48. The maximum atomic E-state index is 12.0. The molecule has 0 saturated carbocycles. The summed E-state index contributed by atoms with van der Waals surface area (Å²) in [5, 5.41) is 5.96. The van der Waals surface area contributed by atoms with Crippen LogP contribution in [0.25, 0.3) is 0 Å². The fraction of sp³-hybridized carbons (Fsp3) is 0.550. The Labute approximate surface area is 166 Å². The first-order chi connectivity index (χ1) is 12.9. The maximum absolute atomic E-state index is 12.0. The summed E-state index contributed by atoms with van der Waals surface area (Å²) in [6.45, 7) is 2.56. The molecule has 0 spiro atoms. The third-order valence-electron chi connectivity index (χ3n) is 4.22. The maximum Gasteiger partial charge on any atom is 0.240 e. The lowest BCUT2D eigenvalue weighted by molar-refractivity contribution is -0.130. The number of halogens is 1. The summed E-state index contributed by atoms with van der Waals surface area (Å²) in [4.78, 5) is 35.5. The number of carbonyl (C=O) groups excluding carboxylic acids is 3. The molecule has 0 bridgehead atoms. The van der Waals surface area contributed by atoms with Crippen LogP contribution in [0.2, 0.25) is 5.02 Å². The molecule has 0 aliphatic carbocycles. The molecular weight excluding hydrogens is 366 g/mol. The zero-order valence-corrected chi connectivity index (χ0v) is 16.7. The minimum absolute atomic E-state index is 0.155. The molecule has 6 nitrogen and oxygen atoms in total. The molecule has 1 atom stereocenters. The first-order valence-corrected chi connectivity index (χ1v) is 9.90. The van der Waals surface area contributed by atoms with Crippen molar-refractivity contribution >= 4 is 29.3 Å². The van der Waals surface area contributed by atoms with Gasteiger partial charge in [0, 0.05) is 18.0 Å². The number of benzene rings is 1. The van der Waals surface area contributed by atoms with E-state index in [-0.39, 0.29) is 18.2 Å². The molecule has 0 radical (unpaired) electrons. The van der Waals surface area contributed by atoms with Gasteiger partial charge in [0.15, 0.2) is 0 Å². The number of rotatable bonds is 13. The molecular formula is C20H30ClN3O3. The fourth-order valence-electron chi connectivity index (χ4n) is 2.63. The average molecular weight is 396 g/mol. The number of amides is 3. The van der Waals surface area contributed by atoms with Crippen LogP contribution in [0.5, 0.6) is 0 Å². The van der Waals surface area contributed by atoms with E-state index in [0.29, 0.717) is 24.4 Å². The van der Waals surface area contributed by atoms with Gasteiger partial charge in [-0.1, -0.05) is 56.3 Å². The molecule has 0 fully saturated rings. The topological polar surface area (TPSA) is 101 Å². The van der Waals surface area contributed by atoms with Gasteiger partial charge in [-0.15, -0.1) is 0 Å². The van der Waals surface area contributed by atoms with E-state index in [9.17, 15) is 14.4 Å². The first kappa shape index (κ1) is 23.0. The normalized spacial score (nSPS) is 11.6. The first-order valence-electron chi connectivity index (χ1n) is 9.52. The van der Waals surface area contributed by atoms with Crippen LogP contribution < -0.4 is 16.4 Å². The molecule has 0 aromatic heterocycles. The highest BCUT2D eigenvalue weighted by Crippen LogP contribution is 2.09. The zero-order chi connectivity index (χ0) is 20.1. The van der Waals surface area contributed by atoms with E-state index in [1.165, 1.54) is 0 Å². The van der Waals surface area contributed by atoms with Gasteiger partial charge in [0.25, 0.3) is 0 Å². The van der Waals surface area contributed by atoms with Crippen molar-refractivity contribution in [2.24, 2.45) is 5.73 Å². The molecule has 0 heterocycles. The second-order valence-electron chi connectivity index (χ2n) is 6.62. The molecule has 1 unspecified atom stereocenters. The van der Waals surface area contributed by atoms with E-state index in [0.717, 1.165) is 37.7 Å². The lowest BCUT2D eigenvalue weighted by atomic mass is 10.1. The lowest BCUT2D eigenvalue weighted by Gasteiger charge is -2.15. The summed E-state index contributed by atoms with van der Waals surface area (Å²) in [5.74, 6) is -1.28. The monoisotopic (exact) mass is 395 g/mol. The van der Waals surface area contributed by atoms with Gasteiger partial charge in [-0.3, -0.25) is 14.4 Å². The van der Waals surface area contributed by atoms with E-state index in [1.807, 2.05) is 12.1 Å². The Balaban J connectivity index is 2.31. The minimum atomic E-state index is -0.983. The standard InChI is InChI=1S/C20H30ClN3O3/c1-2-3-4-5-6-7-18(25)24-17(20(22)27)14-19(26)23-13-12-15-8-10-16(21)11-9-15/h8-11,17H,2-7,12-14H2,1H3,(H2,22,27)(H,23,26)(H,24,25). The third kappa shape index (κ3) is 10.6. The second-order valence-corrected chi connectivity index (χ2v) is 7.05. The van der Waals surface area contributed by atoms with Crippen molar-refractivity contribution in [3.8, 4) is 0 Å². The Kier molecular flexibility index (Phi) is 11.2. The van der Waals surface area contributed by atoms with Crippen molar-refractivity contribution in [2.75, 3.05) is 6.54 Å². The van der Waals surface area contributed by atoms with Crippen LogP contribution in [0.1, 0.15) is 57.4 Å². The van der Waals surface area contributed by atoms with Gasteiger partial charge < -0.3 is 16.4 Å². The average Bonchev–Trinajstić information content (AvgIpc) is 2.62. The smallest absolute Gasteiger partial charge is 0.240 e. The Hall–Kier alpha value is -2.08. The van der Waals surface area contributed by atoms with E-state index < -0.39 is 11.9 Å². The molecule has 1 aromatic rings. The van der Waals surface area contributed by atoms with Crippen molar-refractivity contribution in [1.29, 1.82) is 0 Å². The molecule has 3 amide bonds. The van der Waals surface area contributed by atoms with Gasteiger partial charge in [-0.25, -0.2) is 0 Å². The summed E-state index contributed by atoms with van der Waals surface area (Å²) in [7, 11) is 0. The van der Waals surface area contributed by atoms with E-state index in [1.54, 1.807) is 12.1 Å². The van der Waals surface area contributed by atoms with Crippen LogP contribution in [0.3, 0.4) is 0 Å². The number of hydrogen-bond acceptors (Lipinski definition) is 3. The summed E-state index contributed by atoms with van der Waals surface area (Å²) >= 11 is 5.83. The van der Waals surface area contributed by atoms with Crippen molar-refractivity contribution in [3.63, 3.8) is 0 Å². The van der Waals surface area contributed by atoms with E-state index in [4.69, 9.17) is 17.3 Å². The van der Waals surface area contributed by atoms with Gasteiger partial charge in [0.05, 0.1) is 6.42 Å². The molecule has 4 N–H and O–H groups in total.